The lowest BCUT2D eigenvalue weighted by Crippen LogP contribution is -2.43. The van der Waals surface area contributed by atoms with E-state index < -0.39 is 29.2 Å². The van der Waals surface area contributed by atoms with Crippen molar-refractivity contribution in [2.75, 3.05) is 0 Å². The highest BCUT2D eigenvalue weighted by Gasteiger charge is 2.14. The van der Waals surface area contributed by atoms with Crippen molar-refractivity contribution >= 4 is 11.9 Å². The van der Waals surface area contributed by atoms with Gasteiger partial charge in [0.25, 0.3) is 5.56 Å². The van der Waals surface area contributed by atoms with Crippen LogP contribution in [0.2, 0.25) is 0 Å². The first kappa shape index (κ1) is 13.7. The molecule has 0 unspecified atom stereocenters. The average Bonchev–Trinajstić information content (AvgIpc) is 2.29. The van der Waals surface area contributed by atoms with E-state index in [4.69, 9.17) is 5.11 Å². The van der Waals surface area contributed by atoms with Crippen molar-refractivity contribution in [2.24, 2.45) is 7.05 Å². The van der Waals surface area contributed by atoms with Crippen LogP contribution in [0.3, 0.4) is 0 Å². The molecule has 98 valence electrons. The number of aliphatic carboxylic acids is 1. The lowest BCUT2D eigenvalue weighted by Gasteiger charge is -2.10. The van der Waals surface area contributed by atoms with E-state index in [0.29, 0.717) is 0 Å². The Morgan fingerprint density at radius 1 is 1.44 bits per heavy atom. The Morgan fingerprint density at radius 2 is 2.06 bits per heavy atom. The number of carboxylic acid groups (broad SMARTS) is 1. The van der Waals surface area contributed by atoms with E-state index in [1.807, 2.05) is 0 Å². The fourth-order valence-electron chi connectivity index (χ4n) is 1.24. The van der Waals surface area contributed by atoms with Gasteiger partial charge in [-0.25, -0.2) is 4.79 Å². The molecular weight excluding hydrogens is 242 g/mol. The van der Waals surface area contributed by atoms with Gasteiger partial charge in [0.15, 0.2) is 0 Å². The number of carboxylic acids is 1. The SMILES string of the molecule is C[C@@H](NC(=O)Cn1ccc(=O)n(C)c1=O)C(=O)O. The van der Waals surface area contributed by atoms with Crippen molar-refractivity contribution in [3.63, 3.8) is 0 Å². The molecule has 1 rings (SSSR count). The van der Waals surface area contributed by atoms with Crippen molar-refractivity contribution in [1.29, 1.82) is 0 Å². The molecule has 8 heteroatoms. The number of amides is 1. The summed E-state index contributed by atoms with van der Waals surface area (Å²) in [6.45, 7) is 0.967. The Balaban J connectivity index is 2.84. The van der Waals surface area contributed by atoms with E-state index in [1.165, 1.54) is 20.2 Å². The maximum absolute atomic E-state index is 11.6. The van der Waals surface area contributed by atoms with Crippen molar-refractivity contribution in [3.05, 3.63) is 33.1 Å². The molecule has 1 amide bonds. The van der Waals surface area contributed by atoms with Gasteiger partial charge in [-0.3, -0.25) is 23.5 Å². The van der Waals surface area contributed by atoms with E-state index in [9.17, 15) is 19.2 Å². The monoisotopic (exact) mass is 255 g/mol. The maximum Gasteiger partial charge on any atom is 0.331 e. The van der Waals surface area contributed by atoms with Crippen LogP contribution in [0.15, 0.2) is 21.9 Å². The number of carbonyl (C=O) groups excluding carboxylic acids is 1. The van der Waals surface area contributed by atoms with Crippen LogP contribution in [0.1, 0.15) is 6.92 Å². The Morgan fingerprint density at radius 3 is 2.61 bits per heavy atom. The van der Waals surface area contributed by atoms with Crippen molar-refractivity contribution < 1.29 is 14.7 Å². The second kappa shape index (κ2) is 5.30. The molecule has 0 aliphatic rings. The van der Waals surface area contributed by atoms with Gasteiger partial charge < -0.3 is 10.4 Å². The molecule has 0 spiro atoms. The number of rotatable bonds is 4. The molecule has 1 atom stereocenters. The lowest BCUT2D eigenvalue weighted by atomic mass is 10.3. The first-order valence-electron chi connectivity index (χ1n) is 5.11. The van der Waals surface area contributed by atoms with Crippen LogP contribution in [-0.4, -0.2) is 32.2 Å². The topological polar surface area (TPSA) is 110 Å². The summed E-state index contributed by atoms with van der Waals surface area (Å²) >= 11 is 0. The summed E-state index contributed by atoms with van der Waals surface area (Å²) in [5, 5.41) is 10.8. The number of nitrogens with zero attached hydrogens (tertiary/aromatic N) is 2. The molecule has 0 aliphatic heterocycles. The molecule has 8 nitrogen and oxygen atoms in total. The fourth-order valence-corrected chi connectivity index (χ4v) is 1.24. The Kier molecular flexibility index (Phi) is 4.03. The predicted octanol–water partition coefficient (Wildman–Crippen LogP) is -1.86. The minimum atomic E-state index is -1.17. The first-order chi connectivity index (χ1) is 8.32. The van der Waals surface area contributed by atoms with Crippen LogP contribution in [-0.2, 0) is 23.2 Å². The van der Waals surface area contributed by atoms with Gasteiger partial charge in [0, 0.05) is 19.3 Å². The quantitative estimate of drug-likeness (QED) is 0.655. The minimum absolute atomic E-state index is 0.343. The maximum atomic E-state index is 11.6. The molecule has 18 heavy (non-hydrogen) atoms. The first-order valence-corrected chi connectivity index (χ1v) is 5.11. The minimum Gasteiger partial charge on any atom is -0.480 e. The Labute approximate surface area is 101 Å². The Bertz CT molecular complexity index is 586. The normalized spacial score (nSPS) is 11.9. The van der Waals surface area contributed by atoms with Crippen molar-refractivity contribution in [2.45, 2.75) is 19.5 Å². The lowest BCUT2D eigenvalue weighted by molar-refractivity contribution is -0.141. The fraction of sp³-hybridized carbons (Fsp3) is 0.400. The summed E-state index contributed by atoms with van der Waals surface area (Å²) in [6, 6.07) is 0.107. The van der Waals surface area contributed by atoms with Crippen LogP contribution in [0.25, 0.3) is 0 Å². The van der Waals surface area contributed by atoms with Gasteiger partial charge in [0.05, 0.1) is 0 Å². The second-order valence-electron chi connectivity index (χ2n) is 3.75. The summed E-state index contributed by atoms with van der Waals surface area (Å²) in [4.78, 5) is 44.7. The molecule has 1 aromatic rings. The molecule has 0 fully saturated rings. The smallest absolute Gasteiger partial charge is 0.331 e. The van der Waals surface area contributed by atoms with Crippen LogP contribution >= 0.6 is 0 Å². The second-order valence-corrected chi connectivity index (χ2v) is 3.75. The molecule has 0 saturated heterocycles. The number of hydrogen-bond donors (Lipinski definition) is 2. The van der Waals surface area contributed by atoms with E-state index >= 15 is 0 Å². The molecular formula is C10H13N3O5. The largest absolute Gasteiger partial charge is 0.480 e. The van der Waals surface area contributed by atoms with E-state index in [2.05, 4.69) is 5.32 Å². The molecule has 0 aromatic carbocycles. The molecule has 0 aliphatic carbocycles. The standard InChI is InChI=1S/C10H13N3O5/c1-6(9(16)17)11-7(14)5-13-4-3-8(15)12(2)10(13)18/h3-4,6H,5H2,1-2H3,(H,11,14)(H,16,17)/t6-/m1/s1. The van der Waals surface area contributed by atoms with Crippen LogP contribution < -0.4 is 16.6 Å². The van der Waals surface area contributed by atoms with Crippen molar-refractivity contribution in [3.8, 4) is 0 Å². The van der Waals surface area contributed by atoms with Gasteiger partial charge in [-0.2, -0.15) is 0 Å². The van der Waals surface area contributed by atoms with Gasteiger partial charge >= 0.3 is 11.7 Å². The molecule has 0 saturated carbocycles. The van der Waals surface area contributed by atoms with Gasteiger partial charge in [0.2, 0.25) is 5.91 Å². The highest BCUT2D eigenvalue weighted by atomic mass is 16.4. The summed E-state index contributed by atoms with van der Waals surface area (Å²) < 4.78 is 1.87. The number of aromatic nitrogens is 2. The summed E-state index contributed by atoms with van der Waals surface area (Å²) in [5.41, 5.74) is -1.11. The number of hydrogen-bond acceptors (Lipinski definition) is 4. The molecule has 0 radical (unpaired) electrons. The third-order valence-corrected chi connectivity index (χ3v) is 2.32. The van der Waals surface area contributed by atoms with Crippen LogP contribution in [0.5, 0.6) is 0 Å². The third kappa shape index (κ3) is 3.06. The summed E-state index contributed by atoms with van der Waals surface area (Å²) in [7, 11) is 1.29. The number of nitrogens with one attached hydrogen (secondary N) is 1. The highest BCUT2D eigenvalue weighted by molar-refractivity contribution is 5.83. The van der Waals surface area contributed by atoms with Gasteiger partial charge in [-0.15, -0.1) is 0 Å². The van der Waals surface area contributed by atoms with Gasteiger partial charge in [-0.05, 0) is 6.92 Å². The Hall–Kier alpha value is -2.38. The zero-order valence-corrected chi connectivity index (χ0v) is 9.91. The summed E-state index contributed by atoms with van der Waals surface area (Å²) in [6.07, 6.45) is 1.19. The van der Waals surface area contributed by atoms with Gasteiger partial charge in [-0.1, -0.05) is 0 Å². The predicted molar refractivity (Wildman–Crippen MR) is 61.2 cm³/mol. The summed E-state index contributed by atoms with van der Waals surface area (Å²) in [5.74, 6) is -1.79. The number of carbonyl (C=O) groups is 2. The van der Waals surface area contributed by atoms with E-state index in [1.54, 1.807) is 0 Å². The van der Waals surface area contributed by atoms with E-state index in [-0.39, 0.29) is 6.54 Å². The van der Waals surface area contributed by atoms with Crippen LogP contribution in [0.4, 0.5) is 0 Å². The molecule has 2 N–H and O–H groups in total. The third-order valence-electron chi connectivity index (χ3n) is 2.32. The molecule has 0 bridgehead atoms. The zero-order chi connectivity index (χ0) is 13.9. The molecule has 1 heterocycles. The van der Waals surface area contributed by atoms with E-state index in [0.717, 1.165) is 15.2 Å². The zero-order valence-electron chi connectivity index (χ0n) is 9.91. The van der Waals surface area contributed by atoms with Crippen molar-refractivity contribution in [1.82, 2.24) is 14.5 Å². The molecule has 1 aromatic heterocycles. The van der Waals surface area contributed by atoms with Gasteiger partial charge in [0.1, 0.15) is 12.6 Å². The highest BCUT2D eigenvalue weighted by Crippen LogP contribution is 1.84. The van der Waals surface area contributed by atoms with Crippen LogP contribution in [0, 0.1) is 0 Å². The average molecular weight is 255 g/mol.